The number of amides is 2. The van der Waals surface area contributed by atoms with Crippen LogP contribution in [0.1, 0.15) is 15.9 Å². The molecule has 0 spiro atoms. The van der Waals surface area contributed by atoms with Gasteiger partial charge in [0, 0.05) is 31.7 Å². The van der Waals surface area contributed by atoms with Gasteiger partial charge in [-0.1, -0.05) is 6.07 Å². The van der Waals surface area contributed by atoms with Crippen molar-refractivity contribution in [2.45, 2.75) is 0 Å². The molecule has 3 rings (SSSR count). The van der Waals surface area contributed by atoms with Gasteiger partial charge in [-0.05, 0) is 30.3 Å². The first kappa shape index (κ1) is 21.9. The van der Waals surface area contributed by atoms with Crippen molar-refractivity contribution in [3.05, 3.63) is 53.3 Å². The summed E-state index contributed by atoms with van der Waals surface area (Å²) < 4.78 is 24.2. The van der Waals surface area contributed by atoms with Gasteiger partial charge in [0.1, 0.15) is 17.4 Å². The molecule has 2 aromatic rings. The first-order valence-corrected chi connectivity index (χ1v) is 9.70. The molecule has 1 N–H and O–H groups in total. The third kappa shape index (κ3) is 4.86. The Balaban J connectivity index is 1.54. The molecule has 2 amide bonds. The molecule has 2 aromatic carbocycles. The molecule has 162 valence electrons. The van der Waals surface area contributed by atoms with E-state index in [4.69, 9.17) is 9.47 Å². The van der Waals surface area contributed by atoms with Crippen LogP contribution < -0.4 is 19.7 Å². The fraction of sp³-hybridized carbons (Fsp3) is 0.318. The number of rotatable bonds is 6. The van der Waals surface area contributed by atoms with Gasteiger partial charge in [-0.15, -0.1) is 0 Å². The quantitative estimate of drug-likeness (QED) is 0.757. The summed E-state index contributed by atoms with van der Waals surface area (Å²) in [6.45, 7) is 1.61. The molecule has 0 bridgehead atoms. The van der Waals surface area contributed by atoms with Crippen LogP contribution in [0.2, 0.25) is 0 Å². The Labute approximate surface area is 179 Å². The Kier molecular flexibility index (Phi) is 6.92. The van der Waals surface area contributed by atoms with Gasteiger partial charge in [-0.3, -0.25) is 9.59 Å². The normalized spacial score (nSPS) is 13.4. The largest absolute Gasteiger partial charge is 0.493 e. The minimum absolute atomic E-state index is 0.00413. The summed E-state index contributed by atoms with van der Waals surface area (Å²) >= 11 is 0. The molecule has 0 unspecified atom stereocenters. The Morgan fingerprint density at radius 1 is 1.10 bits per heavy atom. The fourth-order valence-electron chi connectivity index (χ4n) is 3.43. The number of methoxy groups -OCH3 is 2. The van der Waals surface area contributed by atoms with E-state index in [1.807, 2.05) is 11.0 Å². The molecule has 8 nitrogen and oxygen atoms in total. The molecule has 1 aliphatic rings. The summed E-state index contributed by atoms with van der Waals surface area (Å²) in [5.74, 6) is -0.242. The molecule has 31 heavy (non-hydrogen) atoms. The Hall–Kier alpha value is -3.80. The van der Waals surface area contributed by atoms with Crippen LogP contribution in [0.5, 0.6) is 11.5 Å². The molecule has 0 saturated carbocycles. The number of carbonyl (C=O) groups excluding carboxylic acids is 2. The molecule has 1 heterocycles. The van der Waals surface area contributed by atoms with Crippen molar-refractivity contribution in [1.29, 1.82) is 5.26 Å². The monoisotopic (exact) mass is 426 g/mol. The number of benzene rings is 2. The predicted molar refractivity (Wildman–Crippen MR) is 112 cm³/mol. The Bertz CT molecular complexity index is 1010. The molecule has 1 aliphatic heterocycles. The van der Waals surface area contributed by atoms with E-state index >= 15 is 0 Å². The van der Waals surface area contributed by atoms with E-state index in [-0.39, 0.29) is 18.0 Å². The van der Waals surface area contributed by atoms with Crippen molar-refractivity contribution in [2.75, 3.05) is 51.8 Å². The molecule has 0 atom stereocenters. The maximum atomic E-state index is 13.8. The SMILES string of the molecule is COc1ccc(C(=O)NCC(=O)N2CCN(c3cccc(F)c3C#N)CC2)cc1OC. The van der Waals surface area contributed by atoms with E-state index in [1.54, 1.807) is 35.2 Å². The van der Waals surface area contributed by atoms with E-state index in [9.17, 15) is 19.2 Å². The van der Waals surface area contributed by atoms with Crippen LogP contribution in [0.15, 0.2) is 36.4 Å². The number of ether oxygens (including phenoxy) is 2. The maximum Gasteiger partial charge on any atom is 0.251 e. The number of nitriles is 1. The first-order chi connectivity index (χ1) is 15.0. The zero-order chi connectivity index (χ0) is 22.4. The van der Waals surface area contributed by atoms with Crippen LogP contribution >= 0.6 is 0 Å². The number of carbonyl (C=O) groups is 2. The van der Waals surface area contributed by atoms with E-state index in [1.165, 1.54) is 20.3 Å². The van der Waals surface area contributed by atoms with Crippen molar-refractivity contribution >= 4 is 17.5 Å². The van der Waals surface area contributed by atoms with Gasteiger partial charge >= 0.3 is 0 Å². The van der Waals surface area contributed by atoms with Crippen LogP contribution in [0.4, 0.5) is 10.1 Å². The van der Waals surface area contributed by atoms with Crippen molar-refractivity contribution in [1.82, 2.24) is 10.2 Å². The zero-order valence-electron chi connectivity index (χ0n) is 17.4. The smallest absolute Gasteiger partial charge is 0.251 e. The first-order valence-electron chi connectivity index (χ1n) is 9.70. The highest BCUT2D eigenvalue weighted by atomic mass is 19.1. The molecular weight excluding hydrogens is 403 g/mol. The third-order valence-corrected chi connectivity index (χ3v) is 5.12. The van der Waals surface area contributed by atoms with Gasteiger partial charge < -0.3 is 24.6 Å². The minimum Gasteiger partial charge on any atom is -0.493 e. The lowest BCUT2D eigenvalue weighted by atomic mass is 10.1. The lowest BCUT2D eigenvalue weighted by molar-refractivity contribution is -0.130. The summed E-state index contributed by atoms with van der Waals surface area (Å²) in [5, 5.41) is 11.8. The van der Waals surface area contributed by atoms with Gasteiger partial charge in [-0.25, -0.2) is 4.39 Å². The van der Waals surface area contributed by atoms with Crippen molar-refractivity contribution in [2.24, 2.45) is 0 Å². The lowest BCUT2D eigenvalue weighted by Crippen LogP contribution is -2.51. The van der Waals surface area contributed by atoms with E-state index in [0.29, 0.717) is 48.9 Å². The van der Waals surface area contributed by atoms with E-state index in [0.717, 1.165) is 0 Å². The summed E-state index contributed by atoms with van der Waals surface area (Å²) in [7, 11) is 2.98. The zero-order valence-corrected chi connectivity index (χ0v) is 17.4. The molecule has 9 heteroatoms. The highest BCUT2D eigenvalue weighted by Crippen LogP contribution is 2.27. The van der Waals surface area contributed by atoms with Crippen LogP contribution in [-0.4, -0.2) is 63.7 Å². The lowest BCUT2D eigenvalue weighted by Gasteiger charge is -2.36. The van der Waals surface area contributed by atoms with Gasteiger partial charge in [0.2, 0.25) is 5.91 Å². The predicted octanol–water partition coefficient (Wildman–Crippen LogP) is 1.79. The number of anilines is 1. The molecule has 0 aromatic heterocycles. The second-order valence-corrected chi connectivity index (χ2v) is 6.87. The average molecular weight is 426 g/mol. The molecule has 1 fully saturated rings. The number of nitrogens with one attached hydrogen (secondary N) is 1. The Morgan fingerprint density at radius 3 is 2.45 bits per heavy atom. The summed E-state index contributed by atoms with van der Waals surface area (Å²) in [5.41, 5.74) is 0.881. The van der Waals surface area contributed by atoms with Crippen LogP contribution in [-0.2, 0) is 4.79 Å². The highest BCUT2D eigenvalue weighted by Gasteiger charge is 2.24. The third-order valence-electron chi connectivity index (χ3n) is 5.12. The topological polar surface area (TPSA) is 94.9 Å². The van der Waals surface area contributed by atoms with Gasteiger partial charge in [0.25, 0.3) is 5.91 Å². The summed E-state index contributed by atoms with van der Waals surface area (Å²) in [6, 6.07) is 11.2. The van der Waals surface area contributed by atoms with Crippen LogP contribution in [0.3, 0.4) is 0 Å². The number of halogens is 1. The van der Waals surface area contributed by atoms with Crippen molar-refractivity contribution < 1.29 is 23.5 Å². The maximum absolute atomic E-state index is 13.8. The number of piperazine rings is 1. The summed E-state index contributed by atoms with van der Waals surface area (Å²) in [6.07, 6.45) is 0. The molecular formula is C22H23FN4O4. The number of hydrogen-bond acceptors (Lipinski definition) is 6. The second kappa shape index (κ2) is 9.80. The van der Waals surface area contributed by atoms with E-state index in [2.05, 4.69) is 5.32 Å². The highest BCUT2D eigenvalue weighted by molar-refractivity contribution is 5.97. The average Bonchev–Trinajstić information content (AvgIpc) is 2.81. The second-order valence-electron chi connectivity index (χ2n) is 6.87. The molecule has 1 saturated heterocycles. The van der Waals surface area contributed by atoms with Gasteiger partial charge in [-0.2, -0.15) is 5.26 Å². The summed E-state index contributed by atoms with van der Waals surface area (Å²) in [4.78, 5) is 28.4. The fourth-order valence-corrected chi connectivity index (χ4v) is 3.43. The van der Waals surface area contributed by atoms with E-state index < -0.39 is 11.7 Å². The van der Waals surface area contributed by atoms with Gasteiger partial charge in [0.15, 0.2) is 11.5 Å². The standard InChI is InChI=1S/C22H23FN4O4/c1-30-19-7-6-15(12-20(19)31-2)22(29)25-14-21(28)27-10-8-26(9-11-27)18-5-3-4-17(23)16(18)13-24/h3-7,12H,8-11,14H2,1-2H3,(H,25,29). The Morgan fingerprint density at radius 2 is 1.81 bits per heavy atom. The van der Waals surface area contributed by atoms with Crippen molar-refractivity contribution in [3.63, 3.8) is 0 Å². The minimum atomic E-state index is -0.559. The molecule has 0 aliphatic carbocycles. The van der Waals surface area contributed by atoms with Crippen molar-refractivity contribution in [3.8, 4) is 17.6 Å². The number of nitrogens with zero attached hydrogens (tertiary/aromatic N) is 3. The van der Waals surface area contributed by atoms with Crippen LogP contribution in [0.25, 0.3) is 0 Å². The van der Waals surface area contributed by atoms with Gasteiger partial charge in [0.05, 0.1) is 26.5 Å². The van der Waals surface area contributed by atoms with Crippen LogP contribution in [0, 0.1) is 17.1 Å². The number of hydrogen-bond donors (Lipinski definition) is 1. The molecule has 0 radical (unpaired) electrons.